The molecule has 0 radical (unpaired) electrons. The molecule has 1 N–H and O–H groups in total. The van der Waals surface area contributed by atoms with E-state index < -0.39 is 0 Å². The van der Waals surface area contributed by atoms with Gasteiger partial charge in [0.1, 0.15) is 0 Å². The maximum absolute atomic E-state index is 13.2. The zero-order chi connectivity index (χ0) is 23.1. The van der Waals surface area contributed by atoms with E-state index in [0.717, 1.165) is 24.1 Å². The number of benzene rings is 2. The second-order valence-electron chi connectivity index (χ2n) is 8.17. The topological polar surface area (TPSA) is 71.5 Å². The van der Waals surface area contributed by atoms with Gasteiger partial charge in [-0.15, -0.1) is 0 Å². The molecular weight excluding hydrogens is 408 g/mol. The second kappa shape index (κ2) is 11.2. The number of likely N-dealkylation sites (N-methyl/N-ethyl adjacent to an activating group) is 1. The lowest BCUT2D eigenvalue weighted by atomic mass is 10.0. The highest BCUT2D eigenvalue weighted by Gasteiger charge is 2.28. The van der Waals surface area contributed by atoms with Gasteiger partial charge in [-0.05, 0) is 36.1 Å². The normalized spacial score (nSPS) is 17.1. The summed E-state index contributed by atoms with van der Waals surface area (Å²) in [7, 11) is 6.60. The maximum Gasteiger partial charge on any atom is 0.223 e. The number of rotatable bonds is 10. The molecule has 2 aromatic carbocycles. The first-order valence-corrected chi connectivity index (χ1v) is 11.0. The first-order valence-electron chi connectivity index (χ1n) is 11.0. The lowest BCUT2D eigenvalue weighted by Crippen LogP contribution is -2.39. The summed E-state index contributed by atoms with van der Waals surface area (Å²) in [5.74, 6) is 1.77. The van der Waals surface area contributed by atoms with E-state index in [2.05, 4.69) is 17.0 Å². The summed E-state index contributed by atoms with van der Waals surface area (Å²) < 4.78 is 16.2. The highest BCUT2D eigenvalue weighted by atomic mass is 16.5. The van der Waals surface area contributed by atoms with Gasteiger partial charge in [0, 0.05) is 33.1 Å². The van der Waals surface area contributed by atoms with Crippen LogP contribution in [0.5, 0.6) is 17.2 Å². The molecule has 1 aliphatic rings. The lowest BCUT2D eigenvalue weighted by molar-refractivity contribution is -0.132. The predicted molar refractivity (Wildman–Crippen MR) is 123 cm³/mol. The van der Waals surface area contributed by atoms with E-state index in [4.69, 9.17) is 14.2 Å². The van der Waals surface area contributed by atoms with Crippen LogP contribution in [0.25, 0.3) is 0 Å². The fraction of sp³-hybridized carbons (Fsp3) is 0.480. The fourth-order valence-corrected chi connectivity index (χ4v) is 4.23. The van der Waals surface area contributed by atoms with E-state index in [9.17, 15) is 9.90 Å². The van der Waals surface area contributed by atoms with E-state index >= 15 is 0 Å². The molecule has 2 atom stereocenters. The zero-order valence-electron chi connectivity index (χ0n) is 19.4. The molecule has 7 nitrogen and oxygen atoms in total. The van der Waals surface area contributed by atoms with Crippen LogP contribution < -0.4 is 14.2 Å². The molecule has 0 saturated carbocycles. The average Bonchev–Trinajstić information content (AvgIpc) is 3.24. The molecule has 1 fully saturated rings. The van der Waals surface area contributed by atoms with Crippen LogP contribution in [0.2, 0.25) is 0 Å². The van der Waals surface area contributed by atoms with Crippen LogP contribution in [0.3, 0.4) is 0 Å². The minimum absolute atomic E-state index is 0.0624. The van der Waals surface area contributed by atoms with Gasteiger partial charge in [-0.25, -0.2) is 0 Å². The first-order chi connectivity index (χ1) is 15.5. The molecule has 174 valence electrons. The summed E-state index contributed by atoms with van der Waals surface area (Å²) in [4.78, 5) is 17.2. The largest absolute Gasteiger partial charge is 0.493 e. The minimum atomic E-state index is -0.285. The number of likely N-dealkylation sites (tertiary alicyclic amines) is 1. The molecule has 1 aliphatic heterocycles. The van der Waals surface area contributed by atoms with Crippen LogP contribution in [0, 0.1) is 0 Å². The monoisotopic (exact) mass is 442 g/mol. The lowest BCUT2D eigenvalue weighted by Gasteiger charge is -2.32. The molecule has 0 bridgehead atoms. The van der Waals surface area contributed by atoms with E-state index in [1.807, 2.05) is 42.3 Å². The number of methoxy groups -OCH3 is 3. The Morgan fingerprint density at radius 1 is 1.12 bits per heavy atom. The third kappa shape index (κ3) is 5.72. The Bertz CT molecular complexity index is 864. The predicted octanol–water partition coefficient (Wildman–Crippen LogP) is 2.91. The number of carbonyl (C=O) groups is 1. The number of carbonyl (C=O) groups excluding carboxylic acids is 1. The van der Waals surface area contributed by atoms with Gasteiger partial charge in [-0.3, -0.25) is 9.69 Å². The van der Waals surface area contributed by atoms with Crippen LogP contribution in [-0.2, 0) is 11.2 Å². The molecule has 3 rings (SSSR count). The van der Waals surface area contributed by atoms with E-state index in [1.165, 1.54) is 0 Å². The minimum Gasteiger partial charge on any atom is -0.493 e. The standard InChI is InChI=1S/C25H34N2O5/c1-26(21(19-8-6-5-7-9-19)17-27-13-12-20(28)16-27)24(29)11-10-18-14-22(30-2)25(32-4)23(15-18)31-3/h5-9,14-15,20-21,28H,10-13,16-17H2,1-4H3/t20-,21+/m0/s1. The summed E-state index contributed by atoms with van der Waals surface area (Å²) in [6, 6.07) is 13.8. The Balaban J connectivity index is 1.72. The van der Waals surface area contributed by atoms with Crippen LogP contribution in [0.1, 0.15) is 30.0 Å². The molecule has 1 amide bonds. The van der Waals surface area contributed by atoms with E-state index in [0.29, 0.717) is 43.2 Å². The van der Waals surface area contributed by atoms with E-state index in [1.54, 1.807) is 21.3 Å². The number of amides is 1. The molecule has 0 unspecified atom stereocenters. The Morgan fingerprint density at radius 3 is 2.31 bits per heavy atom. The number of aryl methyl sites for hydroxylation is 1. The molecule has 1 saturated heterocycles. The molecule has 2 aromatic rings. The van der Waals surface area contributed by atoms with Gasteiger partial charge in [-0.2, -0.15) is 0 Å². The van der Waals surface area contributed by atoms with Crippen LogP contribution in [-0.4, -0.2) is 74.9 Å². The summed E-state index contributed by atoms with van der Waals surface area (Å²) in [6.07, 6.45) is 1.41. The maximum atomic E-state index is 13.2. The number of β-amino-alcohol motifs (C(OH)–C–C–N with tert-alkyl or cyclic N) is 1. The van der Waals surface area contributed by atoms with Gasteiger partial charge in [0.05, 0.1) is 33.5 Å². The Labute approximate surface area is 190 Å². The zero-order valence-corrected chi connectivity index (χ0v) is 19.4. The first kappa shape index (κ1) is 23.9. The highest BCUT2D eigenvalue weighted by molar-refractivity contribution is 5.77. The van der Waals surface area contributed by atoms with Crippen molar-refractivity contribution in [3.63, 3.8) is 0 Å². The number of hydrogen-bond donors (Lipinski definition) is 1. The van der Waals surface area contributed by atoms with Gasteiger partial charge < -0.3 is 24.2 Å². The van der Waals surface area contributed by atoms with Gasteiger partial charge >= 0.3 is 0 Å². The van der Waals surface area contributed by atoms with Crippen molar-refractivity contribution < 1.29 is 24.1 Å². The fourth-order valence-electron chi connectivity index (χ4n) is 4.23. The number of aliphatic hydroxyl groups is 1. The molecule has 0 aromatic heterocycles. The smallest absolute Gasteiger partial charge is 0.223 e. The number of aliphatic hydroxyl groups excluding tert-OH is 1. The van der Waals surface area contributed by atoms with Crippen molar-refractivity contribution in [2.75, 3.05) is 48.0 Å². The SMILES string of the molecule is COc1cc(CCC(=O)N(C)[C@H](CN2CC[C@H](O)C2)c2ccccc2)cc(OC)c1OC. The molecule has 0 aliphatic carbocycles. The summed E-state index contributed by atoms with van der Waals surface area (Å²) in [5, 5.41) is 9.91. The number of hydrogen-bond acceptors (Lipinski definition) is 6. The van der Waals surface area contributed by atoms with Crippen LogP contribution in [0.4, 0.5) is 0 Å². The third-order valence-corrected chi connectivity index (χ3v) is 6.08. The Hall–Kier alpha value is -2.77. The van der Waals surface area contributed by atoms with Crippen molar-refractivity contribution in [3.8, 4) is 17.2 Å². The summed E-state index contributed by atoms with van der Waals surface area (Å²) in [6.45, 7) is 2.20. The van der Waals surface area contributed by atoms with Crippen molar-refractivity contribution in [2.45, 2.75) is 31.4 Å². The number of nitrogens with zero attached hydrogens (tertiary/aromatic N) is 2. The van der Waals surface area contributed by atoms with Gasteiger partial charge in [0.2, 0.25) is 11.7 Å². The highest BCUT2D eigenvalue weighted by Crippen LogP contribution is 2.38. The van der Waals surface area contributed by atoms with Crippen LogP contribution in [0.15, 0.2) is 42.5 Å². The van der Waals surface area contributed by atoms with Crippen molar-refractivity contribution in [1.82, 2.24) is 9.80 Å². The third-order valence-electron chi connectivity index (χ3n) is 6.08. The van der Waals surface area contributed by atoms with Crippen molar-refractivity contribution in [1.29, 1.82) is 0 Å². The van der Waals surface area contributed by atoms with Gasteiger partial charge in [0.25, 0.3) is 0 Å². The summed E-state index contributed by atoms with van der Waals surface area (Å²) >= 11 is 0. The quantitative estimate of drug-likeness (QED) is 0.610. The molecular formula is C25H34N2O5. The summed E-state index contributed by atoms with van der Waals surface area (Å²) in [5.41, 5.74) is 2.04. The second-order valence-corrected chi connectivity index (χ2v) is 8.17. The van der Waals surface area contributed by atoms with Crippen molar-refractivity contribution in [2.24, 2.45) is 0 Å². The van der Waals surface area contributed by atoms with Crippen molar-refractivity contribution in [3.05, 3.63) is 53.6 Å². The molecule has 1 heterocycles. The average molecular weight is 443 g/mol. The molecule has 32 heavy (non-hydrogen) atoms. The Morgan fingerprint density at radius 2 is 1.78 bits per heavy atom. The molecule has 7 heteroatoms. The van der Waals surface area contributed by atoms with Crippen molar-refractivity contribution >= 4 is 5.91 Å². The number of ether oxygens (including phenoxy) is 3. The van der Waals surface area contributed by atoms with Gasteiger partial charge in [0.15, 0.2) is 11.5 Å². The van der Waals surface area contributed by atoms with Crippen LogP contribution >= 0.6 is 0 Å². The molecule has 0 spiro atoms. The van der Waals surface area contributed by atoms with E-state index in [-0.39, 0.29) is 18.1 Å². The van der Waals surface area contributed by atoms with Gasteiger partial charge in [-0.1, -0.05) is 30.3 Å². The Kier molecular flexibility index (Phi) is 8.36.